The summed E-state index contributed by atoms with van der Waals surface area (Å²) in [5, 5.41) is 5.70. The van der Waals surface area contributed by atoms with Crippen LogP contribution < -0.4 is 10.6 Å². The standard InChI is InChI=1S/C16H29F3N2O2/c1-14(2,3)23-13(22)21-15(4,5)10-20-12-9-7-6-8-11(12)16(17,18)19/h11-12,20H,6-10H2,1-5H3,(H,21,22). The fraction of sp³-hybridized carbons (Fsp3) is 0.938. The van der Waals surface area contributed by atoms with Crippen molar-refractivity contribution in [3.63, 3.8) is 0 Å². The normalized spacial score (nSPS) is 23.5. The largest absolute Gasteiger partial charge is 0.444 e. The minimum absolute atomic E-state index is 0.168. The molecule has 0 aromatic heterocycles. The van der Waals surface area contributed by atoms with Gasteiger partial charge in [-0.15, -0.1) is 0 Å². The molecule has 0 aliphatic heterocycles. The first-order chi connectivity index (χ1) is 10.3. The van der Waals surface area contributed by atoms with Gasteiger partial charge in [-0.25, -0.2) is 4.79 Å². The highest BCUT2D eigenvalue weighted by molar-refractivity contribution is 5.68. The van der Waals surface area contributed by atoms with Crippen LogP contribution in [0.15, 0.2) is 0 Å². The van der Waals surface area contributed by atoms with Crippen molar-refractivity contribution in [2.45, 2.75) is 83.7 Å². The van der Waals surface area contributed by atoms with Crippen molar-refractivity contribution in [1.29, 1.82) is 0 Å². The average molecular weight is 338 g/mol. The molecule has 0 saturated heterocycles. The third-order valence-corrected chi connectivity index (χ3v) is 3.83. The number of rotatable bonds is 4. The number of amides is 1. The summed E-state index contributed by atoms with van der Waals surface area (Å²) < 4.78 is 44.4. The molecule has 1 amide bonds. The Bertz CT molecular complexity index is 403. The summed E-state index contributed by atoms with van der Waals surface area (Å²) in [6.07, 6.45) is -2.67. The molecule has 7 heteroatoms. The molecule has 0 radical (unpaired) electrons. The Hall–Kier alpha value is -0.980. The molecule has 136 valence electrons. The maximum atomic E-state index is 13.1. The van der Waals surface area contributed by atoms with Crippen LogP contribution in [0.3, 0.4) is 0 Å². The topological polar surface area (TPSA) is 50.4 Å². The Balaban J connectivity index is 2.55. The summed E-state index contributed by atoms with van der Waals surface area (Å²) in [5.41, 5.74) is -1.31. The lowest BCUT2D eigenvalue weighted by molar-refractivity contribution is -0.189. The van der Waals surface area contributed by atoms with E-state index in [9.17, 15) is 18.0 Å². The molecule has 2 atom stereocenters. The first kappa shape index (κ1) is 20.1. The molecule has 1 aliphatic rings. The lowest BCUT2D eigenvalue weighted by atomic mass is 9.83. The average Bonchev–Trinajstić information content (AvgIpc) is 2.32. The fourth-order valence-electron chi connectivity index (χ4n) is 2.78. The highest BCUT2D eigenvalue weighted by Crippen LogP contribution is 2.37. The molecule has 2 N–H and O–H groups in total. The predicted molar refractivity (Wildman–Crippen MR) is 83.3 cm³/mol. The maximum Gasteiger partial charge on any atom is 0.408 e. The van der Waals surface area contributed by atoms with E-state index in [0.717, 1.165) is 6.42 Å². The molecule has 1 aliphatic carbocycles. The van der Waals surface area contributed by atoms with Crippen LogP contribution in [0.5, 0.6) is 0 Å². The zero-order valence-corrected chi connectivity index (χ0v) is 14.6. The summed E-state index contributed by atoms with van der Waals surface area (Å²) in [6.45, 7) is 9.05. The molecule has 4 nitrogen and oxygen atoms in total. The number of hydrogen-bond donors (Lipinski definition) is 2. The van der Waals surface area contributed by atoms with Crippen molar-refractivity contribution in [3.05, 3.63) is 0 Å². The molecule has 23 heavy (non-hydrogen) atoms. The summed E-state index contributed by atoms with van der Waals surface area (Å²) in [4.78, 5) is 11.8. The van der Waals surface area contributed by atoms with Crippen LogP contribution >= 0.6 is 0 Å². The van der Waals surface area contributed by atoms with Gasteiger partial charge in [-0.3, -0.25) is 0 Å². The molecular formula is C16H29F3N2O2. The van der Waals surface area contributed by atoms with E-state index in [4.69, 9.17) is 4.74 Å². The van der Waals surface area contributed by atoms with Crippen molar-refractivity contribution in [2.75, 3.05) is 6.54 Å². The highest BCUT2D eigenvalue weighted by atomic mass is 19.4. The van der Waals surface area contributed by atoms with Crippen LogP contribution in [0.25, 0.3) is 0 Å². The summed E-state index contributed by atoms with van der Waals surface area (Å²) in [6, 6.07) is -0.594. The Labute approximate surface area is 136 Å². The number of alkyl halides is 3. The number of carbonyl (C=O) groups excluding carboxylic acids is 1. The second-order valence-corrected chi connectivity index (χ2v) is 7.93. The molecular weight excluding hydrogens is 309 g/mol. The van der Waals surface area contributed by atoms with Crippen LogP contribution in [0.1, 0.15) is 60.3 Å². The third kappa shape index (κ3) is 7.42. The number of halogens is 3. The number of alkyl carbamates (subject to hydrolysis) is 1. The van der Waals surface area contributed by atoms with E-state index in [1.54, 1.807) is 34.6 Å². The van der Waals surface area contributed by atoms with Gasteiger partial charge in [-0.05, 0) is 47.5 Å². The van der Waals surface area contributed by atoms with Gasteiger partial charge < -0.3 is 15.4 Å². The quantitative estimate of drug-likeness (QED) is 0.814. The van der Waals surface area contributed by atoms with Crippen LogP contribution in [-0.4, -0.2) is 36.0 Å². The van der Waals surface area contributed by atoms with Crippen molar-refractivity contribution in [1.82, 2.24) is 10.6 Å². The van der Waals surface area contributed by atoms with Crippen LogP contribution in [-0.2, 0) is 4.74 Å². The van der Waals surface area contributed by atoms with E-state index < -0.39 is 35.4 Å². The zero-order valence-electron chi connectivity index (χ0n) is 14.6. The molecule has 2 unspecified atom stereocenters. The monoisotopic (exact) mass is 338 g/mol. The number of hydrogen-bond acceptors (Lipinski definition) is 3. The number of carbonyl (C=O) groups is 1. The second kappa shape index (κ2) is 7.28. The lowest BCUT2D eigenvalue weighted by Gasteiger charge is -2.36. The summed E-state index contributed by atoms with van der Waals surface area (Å²) in [5.74, 6) is -1.31. The molecule has 0 bridgehead atoms. The van der Waals surface area contributed by atoms with Gasteiger partial charge >= 0.3 is 12.3 Å². The van der Waals surface area contributed by atoms with Gasteiger partial charge in [0.25, 0.3) is 0 Å². The third-order valence-electron chi connectivity index (χ3n) is 3.83. The van der Waals surface area contributed by atoms with Gasteiger partial charge in [0.2, 0.25) is 0 Å². The molecule has 1 fully saturated rings. The molecule has 1 saturated carbocycles. The van der Waals surface area contributed by atoms with E-state index >= 15 is 0 Å². The Morgan fingerprint density at radius 2 is 1.65 bits per heavy atom. The Morgan fingerprint density at radius 1 is 1.09 bits per heavy atom. The zero-order chi connectivity index (χ0) is 17.9. The molecule has 0 spiro atoms. The van der Waals surface area contributed by atoms with Gasteiger partial charge in [-0.2, -0.15) is 13.2 Å². The Kier molecular flexibility index (Phi) is 6.35. The smallest absolute Gasteiger partial charge is 0.408 e. The van der Waals surface area contributed by atoms with E-state index in [-0.39, 0.29) is 13.0 Å². The minimum atomic E-state index is -4.18. The van der Waals surface area contributed by atoms with Crippen LogP contribution in [0.2, 0.25) is 0 Å². The van der Waals surface area contributed by atoms with Gasteiger partial charge in [-0.1, -0.05) is 12.8 Å². The first-order valence-electron chi connectivity index (χ1n) is 8.11. The molecule has 0 aromatic carbocycles. The summed E-state index contributed by atoms with van der Waals surface area (Å²) >= 11 is 0. The lowest BCUT2D eigenvalue weighted by Crippen LogP contribution is -2.55. The molecule has 0 heterocycles. The second-order valence-electron chi connectivity index (χ2n) is 7.93. The SMILES string of the molecule is CC(C)(CNC1CCCCC1C(F)(F)F)NC(=O)OC(C)(C)C. The fourth-order valence-corrected chi connectivity index (χ4v) is 2.78. The van der Waals surface area contributed by atoms with Gasteiger partial charge in [0.15, 0.2) is 0 Å². The molecule has 1 rings (SSSR count). The first-order valence-corrected chi connectivity index (χ1v) is 8.11. The van der Waals surface area contributed by atoms with Crippen LogP contribution in [0, 0.1) is 5.92 Å². The van der Waals surface area contributed by atoms with E-state index in [1.165, 1.54) is 0 Å². The summed E-state index contributed by atoms with van der Waals surface area (Å²) in [7, 11) is 0. The van der Waals surface area contributed by atoms with E-state index in [0.29, 0.717) is 12.8 Å². The van der Waals surface area contributed by atoms with E-state index in [1.807, 2.05) is 0 Å². The van der Waals surface area contributed by atoms with Crippen molar-refractivity contribution >= 4 is 6.09 Å². The van der Waals surface area contributed by atoms with Gasteiger partial charge in [0.1, 0.15) is 5.60 Å². The minimum Gasteiger partial charge on any atom is -0.444 e. The Morgan fingerprint density at radius 3 is 2.17 bits per heavy atom. The number of nitrogens with one attached hydrogen (secondary N) is 2. The van der Waals surface area contributed by atoms with Crippen molar-refractivity contribution in [3.8, 4) is 0 Å². The molecule has 0 aromatic rings. The van der Waals surface area contributed by atoms with E-state index in [2.05, 4.69) is 10.6 Å². The number of ether oxygens (including phenoxy) is 1. The maximum absolute atomic E-state index is 13.1. The van der Waals surface area contributed by atoms with Crippen LogP contribution in [0.4, 0.5) is 18.0 Å². The van der Waals surface area contributed by atoms with Crippen molar-refractivity contribution in [2.24, 2.45) is 5.92 Å². The van der Waals surface area contributed by atoms with Gasteiger partial charge in [0.05, 0.1) is 11.5 Å². The van der Waals surface area contributed by atoms with Gasteiger partial charge in [0, 0.05) is 12.6 Å². The predicted octanol–water partition coefficient (Wildman–Crippen LogP) is 4.00. The highest BCUT2D eigenvalue weighted by Gasteiger charge is 2.45. The van der Waals surface area contributed by atoms with Crippen molar-refractivity contribution < 1.29 is 22.7 Å².